The number of carbonyl (C=O) groups excluding carboxylic acids is 1. The van der Waals surface area contributed by atoms with Gasteiger partial charge in [0, 0.05) is 6.42 Å². The van der Waals surface area contributed by atoms with Crippen molar-refractivity contribution in [3.63, 3.8) is 0 Å². The molecule has 0 aliphatic rings. The first-order valence-corrected chi connectivity index (χ1v) is 6.61. The highest BCUT2D eigenvalue weighted by atomic mass is 16.5. The fourth-order valence-corrected chi connectivity index (χ4v) is 1.89. The number of hydrogen-bond donors (Lipinski definition) is 1. The molecule has 1 aromatic carbocycles. The smallest absolute Gasteiger partial charge is 0.429 e. The number of benzene rings is 1. The Morgan fingerprint density at radius 3 is 2.62 bits per heavy atom. The number of carbonyl (C=O) groups is 1. The van der Waals surface area contributed by atoms with Gasteiger partial charge in [-0.15, -0.1) is 0 Å². The van der Waals surface area contributed by atoms with E-state index in [4.69, 9.17) is 4.74 Å². The SMILES string of the molecule is CC(C)OCC(=O)n1c(Cc2ccccc2)c(O)oc1=O. The molecule has 21 heavy (non-hydrogen) atoms. The summed E-state index contributed by atoms with van der Waals surface area (Å²) >= 11 is 0. The maximum absolute atomic E-state index is 12.1. The van der Waals surface area contributed by atoms with Gasteiger partial charge < -0.3 is 14.3 Å². The van der Waals surface area contributed by atoms with Gasteiger partial charge in [0.25, 0.3) is 5.91 Å². The molecule has 112 valence electrons. The van der Waals surface area contributed by atoms with Gasteiger partial charge in [0.2, 0.25) is 0 Å². The molecule has 0 amide bonds. The molecule has 1 N–H and O–H groups in total. The van der Waals surface area contributed by atoms with Gasteiger partial charge in [-0.05, 0) is 19.4 Å². The molecule has 0 fully saturated rings. The molecule has 0 saturated carbocycles. The van der Waals surface area contributed by atoms with E-state index in [1.807, 2.05) is 30.3 Å². The van der Waals surface area contributed by atoms with Crippen molar-refractivity contribution in [1.82, 2.24) is 4.57 Å². The molecular formula is C15H17NO5. The molecule has 2 aromatic rings. The van der Waals surface area contributed by atoms with Crippen molar-refractivity contribution in [3.8, 4) is 5.95 Å². The summed E-state index contributed by atoms with van der Waals surface area (Å²) < 4.78 is 10.7. The Hall–Kier alpha value is -2.34. The average Bonchev–Trinajstić information content (AvgIpc) is 2.72. The Kier molecular flexibility index (Phi) is 4.59. The monoisotopic (exact) mass is 291 g/mol. The van der Waals surface area contributed by atoms with Crippen LogP contribution in [0.3, 0.4) is 0 Å². The lowest BCUT2D eigenvalue weighted by atomic mass is 10.1. The zero-order valence-electron chi connectivity index (χ0n) is 11.9. The minimum Gasteiger partial charge on any atom is -0.479 e. The van der Waals surface area contributed by atoms with Crippen LogP contribution in [0.25, 0.3) is 0 Å². The maximum atomic E-state index is 12.1. The largest absolute Gasteiger partial charge is 0.479 e. The highest BCUT2D eigenvalue weighted by Gasteiger charge is 2.22. The lowest BCUT2D eigenvalue weighted by Gasteiger charge is -2.08. The van der Waals surface area contributed by atoms with Crippen LogP contribution >= 0.6 is 0 Å². The number of ether oxygens (including phenoxy) is 1. The van der Waals surface area contributed by atoms with E-state index in [1.54, 1.807) is 13.8 Å². The zero-order chi connectivity index (χ0) is 15.4. The summed E-state index contributed by atoms with van der Waals surface area (Å²) in [5.41, 5.74) is 0.975. The minimum atomic E-state index is -0.907. The number of oxazole rings is 1. The standard InChI is InChI=1S/C15H17NO5/c1-10(2)20-9-13(17)16-12(14(18)21-15(16)19)8-11-6-4-3-5-7-11/h3-7,10,18H,8-9H2,1-2H3. The lowest BCUT2D eigenvalue weighted by molar-refractivity contribution is 0.0502. The first kappa shape index (κ1) is 15.1. The van der Waals surface area contributed by atoms with Crippen LogP contribution in [0.4, 0.5) is 0 Å². The van der Waals surface area contributed by atoms with Gasteiger partial charge in [-0.1, -0.05) is 30.3 Å². The molecule has 0 spiro atoms. The third kappa shape index (κ3) is 3.61. The van der Waals surface area contributed by atoms with Crippen LogP contribution < -0.4 is 5.76 Å². The van der Waals surface area contributed by atoms with E-state index >= 15 is 0 Å². The second-order valence-electron chi connectivity index (χ2n) is 4.87. The van der Waals surface area contributed by atoms with Gasteiger partial charge in [-0.3, -0.25) is 4.79 Å². The summed E-state index contributed by atoms with van der Waals surface area (Å²) in [7, 11) is 0. The summed E-state index contributed by atoms with van der Waals surface area (Å²) in [6.07, 6.45) is 0.0778. The highest BCUT2D eigenvalue weighted by molar-refractivity contribution is 5.81. The van der Waals surface area contributed by atoms with Gasteiger partial charge in [-0.2, -0.15) is 0 Å². The summed E-state index contributed by atoms with van der Waals surface area (Å²) in [4.78, 5) is 23.8. The van der Waals surface area contributed by atoms with Crippen molar-refractivity contribution in [2.24, 2.45) is 0 Å². The second-order valence-corrected chi connectivity index (χ2v) is 4.87. The molecule has 2 rings (SSSR count). The Morgan fingerprint density at radius 1 is 1.33 bits per heavy atom. The fourth-order valence-electron chi connectivity index (χ4n) is 1.89. The van der Waals surface area contributed by atoms with E-state index in [0.29, 0.717) is 0 Å². The van der Waals surface area contributed by atoms with E-state index in [2.05, 4.69) is 4.42 Å². The van der Waals surface area contributed by atoms with Crippen LogP contribution in [0.5, 0.6) is 5.95 Å². The van der Waals surface area contributed by atoms with E-state index in [9.17, 15) is 14.7 Å². The van der Waals surface area contributed by atoms with Gasteiger partial charge in [0.05, 0.1) is 6.10 Å². The van der Waals surface area contributed by atoms with Crippen molar-refractivity contribution in [1.29, 1.82) is 0 Å². The molecule has 0 radical (unpaired) electrons. The van der Waals surface area contributed by atoms with Crippen LogP contribution in [0.2, 0.25) is 0 Å². The van der Waals surface area contributed by atoms with Gasteiger partial charge in [0.15, 0.2) is 0 Å². The van der Waals surface area contributed by atoms with Crippen molar-refractivity contribution in [2.75, 3.05) is 6.61 Å². The van der Waals surface area contributed by atoms with Gasteiger partial charge in [0.1, 0.15) is 12.3 Å². The Labute approximate surface area is 121 Å². The van der Waals surface area contributed by atoms with Crippen LogP contribution in [0.15, 0.2) is 39.5 Å². The zero-order valence-corrected chi connectivity index (χ0v) is 11.9. The normalized spacial score (nSPS) is 11.0. The molecule has 0 saturated heterocycles. The molecule has 6 heteroatoms. The third-order valence-electron chi connectivity index (χ3n) is 2.89. The summed E-state index contributed by atoms with van der Waals surface area (Å²) in [5.74, 6) is -2.01. The van der Waals surface area contributed by atoms with Gasteiger partial charge >= 0.3 is 11.7 Å². The van der Waals surface area contributed by atoms with E-state index in [0.717, 1.165) is 10.1 Å². The summed E-state index contributed by atoms with van der Waals surface area (Å²) in [6, 6.07) is 9.18. The number of nitrogens with zero attached hydrogens (tertiary/aromatic N) is 1. The second kappa shape index (κ2) is 6.41. The minimum absolute atomic E-state index is 0.128. The first-order valence-electron chi connectivity index (χ1n) is 6.61. The average molecular weight is 291 g/mol. The third-order valence-corrected chi connectivity index (χ3v) is 2.89. The summed E-state index contributed by atoms with van der Waals surface area (Å²) in [6.45, 7) is 3.32. The molecule has 0 aliphatic heterocycles. The lowest BCUT2D eigenvalue weighted by Crippen LogP contribution is -2.29. The Morgan fingerprint density at radius 2 is 2.00 bits per heavy atom. The molecule has 0 aliphatic carbocycles. The van der Waals surface area contributed by atoms with Crippen LogP contribution in [-0.2, 0) is 11.2 Å². The molecule has 0 bridgehead atoms. The summed E-state index contributed by atoms with van der Waals surface area (Å²) in [5, 5.41) is 9.72. The van der Waals surface area contributed by atoms with E-state index in [-0.39, 0.29) is 24.8 Å². The predicted molar refractivity (Wildman–Crippen MR) is 75.6 cm³/mol. The van der Waals surface area contributed by atoms with Crippen molar-refractivity contribution in [3.05, 3.63) is 52.1 Å². The van der Waals surface area contributed by atoms with E-state index in [1.165, 1.54) is 0 Å². The molecular weight excluding hydrogens is 274 g/mol. The van der Waals surface area contributed by atoms with Gasteiger partial charge in [-0.25, -0.2) is 9.36 Å². The van der Waals surface area contributed by atoms with Crippen molar-refractivity contribution in [2.45, 2.75) is 26.4 Å². The van der Waals surface area contributed by atoms with Crippen molar-refractivity contribution < 1.29 is 19.1 Å². The Bertz CT molecular complexity index is 669. The Balaban J connectivity index is 2.29. The van der Waals surface area contributed by atoms with Crippen molar-refractivity contribution >= 4 is 5.91 Å². The number of hydrogen-bond acceptors (Lipinski definition) is 5. The number of rotatable bonds is 5. The van der Waals surface area contributed by atoms with Crippen LogP contribution in [0, 0.1) is 0 Å². The van der Waals surface area contributed by atoms with Crippen LogP contribution in [-0.4, -0.2) is 28.3 Å². The fraction of sp³-hybridized carbons (Fsp3) is 0.333. The number of aromatic hydroxyl groups is 1. The molecule has 6 nitrogen and oxygen atoms in total. The number of aromatic nitrogens is 1. The first-order chi connectivity index (χ1) is 9.99. The molecule has 1 aromatic heterocycles. The quantitative estimate of drug-likeness (QED) is 0.908. The van der Waals surface area contributed by atoms with E-state index < -0.39 is 17.6 Å². The predicted octanol–water partition coefficient (Wildman–Crippen LogP) is 1.80. The highest BCUT2D eigenvalue weighted by Crippen LogP contribution is 2.19. The molecule has 0 atom stereocenters. The molecule has 0 unspecified atom stereocenters. The topological polar surface area (TPSA) is 81.7 Å². The van der Waals surface area contributed by atoms with Crippen LogP contribution in [0.1, 0.15) is 29.9 Å². The molecule has 1 heterocycles. The maximum Gasteiger partial charge on any atom is 0.429 e.